The summed E-state index contributed by atoms with van der Waals surface area (Å²) >= 11 is 7.45. The molecule has 0 aliphatic carbocycles. The third-order valence-corrected chi connectivity index (χ3v) is 5.55. The zero-order valence-corrected chi connectivity index (χ0v) is 16.9. The second-order valence-corrected chi connectivity index (χ2v) is 7.77. The number of thiazole rings is 1. The Balaban J connectivity index is 1.67. The van der Waals surface area contributed by atoms with E-state index in [4.69, 9.17) is 21.1 Å². The lowest BCUT2D eigenvalue weighted by atomic mass is 9.95. The van der Waals surface area contributed by atoms with Crippen molar-refractivity contribution in [2.45, 2.75) is 39.2 Å². The minimum absolute atomic E-state index is 0.234. The Morgan fingerprint density at radius 1 is 1.15 bits per heavy atom. The fourth-order valence-corrected chi connectivity index (χ4v) is 4.08. The third-order valence-electron chi connectivity index (χ3n) is 4.41. The molecule has 4 nitrogen and oxygen atoms in total. The Labute approximate surface area is 168 Å². The van der Waals surface area contributed by atoms with E-state index in [2.05, 4.69) is 18.8 Å². The number of benzene rings is 2. The van der Waals surface area contributed by atoms with E-state index in [1.807, 2.05) is 42.5 Å². The second kappa shape index (κ2) is 9.20. The zero-order valence-electron chi connectivity index (χ0n) is 15.4. The molecule has 0 bridgehead atoms. The maximum atomic E-state index is 11.4. The Kier molecular flexibility index (Phi) is 6.69. The van der Waals surface area contributed by atoms with Crippen molar-refractivity contribution in [3.8, 4) is 16.7 Å². The van der Waals surface area contributed by atoms with Crippen molar-refractivity contribution in [1.82, 2.24) is 4.98 Å². The van der Waals surface area contributed by atoms with Gasteiger partial charge < -0.3 is 9.47 Å². The Hall–Kier alpha value is -2.11. The van der Waals surface area contributed by atoms with Crippen molar-refractivity contribution in [3.05, 3.63) is 47.5 Å². The van der Waals surface area contributed by atoms with E-state index in [0.29, 0.717) is 21.7 Å². The van der Waals surface area contributed by atoms with E-state index in [0.717, 1.165) is 35.8 Å². The maximum absolute atomic E-state index is 11.4. The molecule has 0 amide bonds. The van der Waals surface area contributed by atoms with Gasteiger partial charge in [-0.1, -0.05) is 43.2 Å². The molecule has 1 aromatic heterocycles. The average molecular weight is 404 g/mol. The van der Waals surface area contributed by atoms with Gasteiger partial charge in [-0.15, -0.1) is 0 Å². The van der Waals surface area contributed by atoms with Crippen LogP contribution in [-0.2, 0) is 4.79 Å². The largest absolute Gasteiger partial charge is 0.483 e. The summed E-state index contributed by atoms with van der Waals surface area (Å²) in [6, 6.07) is 12.8. The molecule has 0 aliphatic rings. The first-order chi connectivity index (χ1) is 13.1. The maximum Gasteiger partial charge on any atom is 0.279 e. The standard InChI is InChI=1S/C21H22ClNO3S/c1-3-5-14(4-2)19(13-24)25-16-7-9-17(10-8-16)26-21-23-18-11-6-15(22)12-20(18)27-21/h6-14,19H,3-5H2,1-2H3. The molecule has 0 fully saturated rings. The summed E-state index contributed by atoms with van der Waals surface area (Å²) < 4.78 is 12.7. The highest BCUT2D eigenvalue weighted by Gasteiger charge is 2.20. The fraction of sp³-hybridized carbons (Fsp3) is 0.333. The molecule has 3 aromatic rings. The van der Waals surface area contributed by atoms with Gasteiger partial charge in [0.15, 0.2) is 12.4 Å². The van der Waals surface area contributed by atoms with Crippen molar-refractivity contribution >= 4 is 39.4 Å². The van der Waals surface area contributed by atoms with Crippen molar-refractivity contribution < 1.29 is 14.3 Å². The van der Waals surface area contributed by atoms with Crippen molar-refractivity contribution in [3.63, 3.8) is 0 Å². The van der Waals surface area contributed by atoms with Gasteiger partial charge in [-0.25, -0.2) is 4.98 Å². The first-order valence-electron chi connectivity index (χ1n) is 9.08. The van der Waals surface area contributed by atoms with Crippen molar-refractivity contribution in [1.29, 1.82) is 0 Å². The van der Waals surface area contributed by atoms with Crippen LogP contribution < -0.4 is 9.47 Å². The van der Waals surface area contributed by atoms with Crippen LogP contribution >= 0.6 is 22.9 Å². The molecule has 2 unspecified atom stereocenters. The van der Waals surface area contributed by atoms with E-state index in [9.17, 15) is 4.79 Å². The van der Waals surface area contributed by atoms with Crippen LogP contribution in [0.4, 0.5) is 0 Å². The summed E-state index contributed by atoms with van der Waals surface area (Å²) in [5.74, 6) is 1.55. The summed E-state index contributed by atoms with van der Waals surface area (Å²) in [6.07, 6.45) is 3.41. The van der Waals surface area contributed by atoms with Gasteiger partial charge in [0, 0.05) is 10.9 Å². The van der Waals surface area contributed by atoms with Gasteiger partial charge in [0.2, 0.25) is 0 Å². The molecule has 0 radical (unpaired) electrons. The number of hydrogen-bond donors (Lipinski definition) is 0. The molecule has 0 saturated heterocycles. The Morgan fingerprint density at radius 3 is 2.56 bits per heavy atom. The molecule has 0 saturated carbocycles. The fourth-order valence-electron chi connectivity index (χ4n) is 2.97. The normalized spacial score (nSPS) is 13.3. The second-order valence-electron chi connectivity index (χ2n) is 6.34. The first-order valence-corrected chi connectivity index (χ1v) is 10.3. The molecular weight excluding hydrogens is 382 g/mol. The SMILES string of the molecule is CCCC(CC)C(C=O)Oc1ccc(Oc2nc3ccc(Cl)cc3s2)cc1. The molecule has 27 heavy (non-hydrogen) atoms. The number of halogens is 1. The third kappa shape index (κ3) is 4.99. The van der Waals surface area contributed by atoms with Crippen LogP contribution in [0.1, 0.15) is 33.1 Å². The van der Waals surface area contributed by atoms with Crippen LogP contribution in [0.2, 0.25) is 5.02 Å². The highest BCUT2D eigenvalue weighted by atomic mass is 35.5. The van der Waals surface area contributed by atoms with Crippen LogP contribution in [0.25, 0.3) is 10.2 Å². The van der Waals surface area contributed by atoms with Crippen molar-refractivity contribution in [2.75, 3.05) is 0 Å². The smallest absolute Gasteiger partial charge is 0.279 e. The van der Waals surface area contributed by atoms with Gasteiger partial charge in [0.25, 0.3) is 5.19 Å². The average Bonchev–Trinajstić information content (AvgIpc) is 3.07. The molecule has 2 atom stereocenters. The number of ether oxygens (including phenoxy) is 2. The molecular formula is C21H22ClNO3S. The molecule has 6 heteroatoms. The van der Waals surface area contributed by atoms with Gasteiger partial charge in [0.1, 0.15) is 11.5 Å². The summed E-state index contributed by atoms with van der Waals surface area (Å²) in [5, 5.41) is 1.23. The summed E-state index contributed by atoms with van der Waals surface area (Å²) in [6.45, 7) is 4.20. The molecule has 0 aliphatic heterocycles. The molecule has 142 valence electrons. The van der Waals surface area contributed by atoms with E-state index in [1.54, 1.807) is 0 Å². The van der Waals surface area contributed by atoms with Crippen LogP contribution in [0.5, 0.6) is 16.7 Å². The van der Waals surface area contributed by atoms with Crippen molar-refractivity contribution in [2.24, 2.45) is 5.92 Å². The van der Waals surface area contributed by atoms with Crippen LogP contribution in [0, 0.1) is 5.92 Å². The predicted molar refractivity (Wildman–Crippen MR) is 110 cm³/mol. The quantitative estimate of drug-likeness (QED) is 0.382. The molecule has 0 spiro atoms. The minimum atomic E-state index is -0.421. The van der Waals surface area contributed by atoms with Crippen LogP contribution in [-0.4, -0.2) is 17.4 Å². The van der Waals surface area contributed by atoms with E-state index in [-0.39, 0.29) is 5.92 Å². The van der Waals surface area contributed by atoms with Gasteiger partial charge in [-0.2, -0.15) is 0 Å². The number of fused-ring (bicyclic) bond motifs is 1. The first kappa shape index (κ1) is 19.6. The van der Waals surface area contributed by atoms with Gasteiger partial charge in [-0.05, 0) is 55.3 Å². The lowest BCUT2D eigenvalue weighted by molar-refractivity contribution is -0.116. The van der Waals surface area contributed by atoms with Gasteiger partial charge in [0.05, 0.1) is 10.2 Å². The number of aromatic nitrogens is 1. The number of aldehydes is 1. The highest BCUT2D eigenvalue weighted by Crippen LogP contribution is 2.33. The van der Waals surface area contributed by atoms with Crippen LogP contribution in [0.3, 0.4) is 0 Å². The number of hydrogen-bond acceptors (Lipinski definition) is 5. The predicted octanol–water partition coefficient (Wildman–Crippen LogP) is 6.51. The summed E-state index contributed by atoms with van der Waals surface area (Å²) in [4.78, 5) is 15.9. The Bertz CT molecular complexity index is 894. The highest BCUT2D eigenvalue weighted by molar-refractivity contribution is 7.20. The molecule has 0 N–H and O–H groups in total. The number of rotatable bonds is 9. The molecule has 1 heterocycles. The molecule has 2 aromatic carbocycles. The van der Waals surface area contributed by atoms with Gasteiger partial charge in [-0.3, -0.25) is 4.79 Å². The number of nitrogens with zero attached hydrogens (tertiary/aromatic N) is 1. The van der Waals surface area contributed by atoms with Crippen LogP contribution in [0.15, 0.2) is 42.5 Å². The molecule has 3 rings (SSSR count). The monoisotopic (exact) mass is 403 g/mol. The van der Waals surface area contributed by atoms with Gasteiger partial charge >= 0.3 is 0 Å². The summed E-state index contributed by atoms with van der Waals surface area (Å²) in [5.41, 5.74) is 0.856. The van der Waals surface area contributed by atoms with E-state index >= 15 is 0 Å². The summed E-state index contributed by atoms with van der Waals surface area (Å²) in [7, 11) is 0. The number of carbonyl (C=O) groups is 1. The topological polar surface area (TPSA) is 48.4 Å². The lowest BCUT2D eigenvalue weighted by Crippen LogP contribution is -2.28. The zero-order chi connectivity index (χ0) is 19.2. The van der Waals surface area contributed by atoms with E-state index in [1.165, 1.54) is 11.3 Å². The Morgan fingerprint density at radius 2 is 1.89 bits per heavy atom. The minimum Gasteiger partial charge on any atom is -0.483 e. The number of carbonyl (C=O) groups excluding carboxylic acids is 1. The lowest BCUT2D eigenvalue weighted by Gasteiger charge is -2.22. The van der Waals surface area contributed by atoms with E-state index < -0.39 is 6.10 Å².